The summed E-state index contributed by atoms with van der Waals surface area (Å²) in [6.07, 6.45) is 0.759. The van der Waals surface area contributed by atoms with Gasteiger partial charge in [-0.2, -0.15) is 0 Å². The number of hydrogen-bond acceptors (Lipinski definition) is 8. The van der Waals surface area contributed by atoms with Gasteiger partial charge in [0.25, 0.3) is 0 Å². The van der Waals surface area contributed by atoms with E-state index >= 15 is 0 Å². The molecule has 35 heavy (non-hydrogen) atoms. The van der Waals surface area contributed by atoms with Gasteiger partial charge in [-0.3, -0.25) is 14.4 Å². The Morgan fingerprint density at radius 1 is 0.971 bits per heavy atom. The highest BCUT2D eigenvalue weighted by Gasteiger charge is 2.31. The van der Waals surface area contributed by atoms with Crippen LogP contribution in [-0.2, 0) is 14.3 Å². The first-order valence-electron chi connectivity index (χ1n) is 11.6. The van der Waals surface area contributed by atoms with Gasteiger partial charge in [-0.05, 0) is 31.4 Å². The number of aromatic nitrogens is 1. The largest absolute Gasteiger partial charge is 0.496 e. The van der Waals surface area contributed by atoms with Crippen molar-refractivity contribution in [3.05, 3.63) is 47.3 Å². The van der Waals surface area contributed by atoms with Crippen molar-refractivity contribution in [2.45, 2.75) is 60.0 Å². The topological polar surface area (TPSA) is 101 Å². The zero-order valence-corrected chi connectivity index (χ0v) is 21.7. The average molecular weight is 486 g/mol. The second-order valence-electron chi connectivity index (χ2n) is 8.97. The lowest BCUT2D eigenvalue weighted by molar-refractivity contribution is -0.154. The molecule has 0 amide bonds. The number of ether oxygens (including phenoxy) is 4. The van der Waals surface area contributed by atoms with Gasteiger partial charge in [0, 0.05) is 37.1 Å². The van der Waals surface area contributed by atoms with Crippen molar-refractivity contribution in [3.63, 3.8) is 0 Å². The normalized spacial score (nSPS) is 13.5. The Morgan fingerprint density at radius 3 is 2.20 bits per heavy atom. The average Bonchev–Trinajstić information content (AvgIpc) is 2.79. The standard InChI is InChI=1S/C27H35NO7/c1-15(2)24(20-10-9-16(3)13-23(20)33-8)18(5)34-27(31)17(4)14-21(30)25-26(35-19(6)29)22(32-7)11-12-28-25/h9-13,15,17-18,24H,14H2,1-8H3/t17-,18+,24-/m1/s1. The van der Waals surface area contributed by atoms with Gasteiger partial charge in [0.05, 0.1) is 20.1 Å². The van der Waals surface area contributed by atoms with E-state index in [9.17, 15) is 14.4 Å². The molecule has 190 valence electrons. The lowest BCUT2D eigenvalue weighted by atomic mass is 9.83. The highest BCUT2D eigenvalue weighted by atomic mass is 16.6. The Hall–Kier alpha value is -3.42. The Bertz CT molecular complexity index is 1060. The molecular formula is C27H35NO7. The summed E-state index contributed by atoms with van der Waals surface area (Å²) in [5.41, 5.74) is 1.96. The molecule has 0 N–H and O–H groups in total. The van der Waals surface area contributed by atoms with E-state index in [1.54, 1.807) is 14.0 Å². The minimum absolute atomic E-state index is 0.0622. The van der Waals surface area contributed by atoms with Crippen molar-refractivity contribution < 1.29 is 33.3 Å². The number of rotatable bonds is 11. The molecule has 1 aromatic heterocycles. The molecule has 0 bridgehead atoms. The third-order valence-electron chi connectivity index (χ3n) is 5.77. The maximum atomic E-state index is 13.0. The number of pyridine rings is 1. The fraction of sp³-hybridized carbons (Fsp3) is 0.481. The smallest absolute Gasteiger partial charge is 0.309 e. The van der Waals surface area contributed by atoms with Gasteiger partial charge in [0.2, 0.25) is 5.75 Å². The van der Waals surface area contributed by atoms with Crippen molar-refractivity contribution in [2.24, 2.45) is 11.8 Å². The SMILES string of the molecule is COc1cc(C)ccc1[C@H](C(C)C)[C@H](C)OC(=O)[C@H](C)CC(=O)c1nccc(OC)c1OC(C)=O. The quantitative estimate of drug-likeness (QED) is 0.327. The third-order valence-corrected chi connectivity index (χ3v) is 5.77. The second-order valence-corrected chi connectivity index (χ2v) is 8.97. The van der Waals surface area contributed by atoms with Crippen molar-refractivity contribution in [3.8, 4) is 17.2 Å². The van der Waals surface area contributed by atoms with Gasteiger partial charge >= 0.3 is 11.9 Å². The first-order chi connectivity index (χ1) is 16.5. The number of carbonyl (C=O) groups is 3. The van der Waals surface area contributed by atoms with Crippen LogP contribution in [0.4, 0.5) is 0 Å². The van der Waals surface area contributed by atoms with E-state index in [-0.39, 0.29) is 35.4 Å². The molecule has 0 saturated carbocycles. The molecule has 0 unspecified atom stereocenters. The first kappa shape index (κ1) is 27.8. The van der Waals surface area contributed by atoms with Crippen LogP contribution >= 0.6 is 0 Å². The molecule has 2 aromatic rings. The summed E-state index contributed by atoms with van der Waals surface area (Å²) < 4.78 is 21.7. The highest BCUT2D eigenvalue weighted by molar-refractivity contribution is 5.99. The maximum Gasteiger partial charge on any atom is 0.309 e. The summed E-state index contributed by atoms with van der Waals surface area (Å²) in [5, 5.41) is 0. The number of hydrogen-bond donors (Lipinski definition) is 0. The predicted octanol–water partition coefficient (Wildman–Crippen LogP) is 4.91. The number of nitrogens with zero attached hydrogens (tertiary/aromatic N) is 1. The molecule has 0 saturated heterocycles. The molecule has 8 heteroatoms. The van der Waals surface area contributed by atoms with Crippen LogP contribution in [0.2, 0.25) is 0 Å². The Morgan fingerprint density at radius 2 is 1.63 bits per heavy atom. The van der Waals surface area contributed by atoms with E-state index in [2.05, 4.69) is 18.8 Å². The Labute approximate surface area is 206 Å². The summed E-state index contributed by atoms with van der Waals surface area (Å²) in [4.78, 5) is 41.5. The Balaban J connectivity index is 2.19. The van der Waals surface area contributed by atoms with Gasteiger partial charge in [-0.25, -0.2) is 4.98 Å². The van der Waals surface area contributed by atoms with Crippen molar-refractivity contribution in [1.82, 2.24) is 4.98 Å². The number of methoxy groups -OCH3 is 2. The van der Waals surface area contributed by atoms with Crippen LogP contribution in [0.25, 0.3) is 0 Å². The fourth-order valence-electron chi connectivity index (χ4n) is 4.11. The maximum absolute atomic E-state index is 13.0. The van der Waals surface area contributed by atoms with Crippen molar-refractivity contribution in [2.75, 3.05) is 14.2 Å². The number of aryl methyl sites for hydroxylation is 1. The van der Waals surface area contributed by atoms with Crippen LogP contribution in [0, 0.1) is 18.8 Å². The molecule has 0 fully saturated rings. The van der Waals surface area contributed by atoms with Crippen LogP contribution < -0.4 is 14.2 Å². The van der Waals surface area contributed by atoms with Crippen molar-refractivity contribution >= 4 is 17.7 Å². The summed E-state index contributed by atoms with van der Waals surface area (Å²) in [5.74, 6) is -1.36. The minimum Gasteiger partial charge on any atom is -0.496 e. The monoisotopic (exact) mass is 485 g/mol. The number of esters is 2. The highest BCUT2D eigenvalue weighted by Crippen LogP contribution is 2.37. The number of Topliss-reactive ketones (excluding diaryl/α,β-unsaturated/α-hetero) is 1. The fourth-order valence-corrected chi connectivity index (χ4v) is 4.11. The molecule has 0 spiro atoms. The summed E-state index contributed by atoms with van der Waals surface area (Å²) in [7, 11) is 3.02. The predicted molar refractivity (Wildman–Crippen MR) is 131 cm³/mol. The van der Waals surface area contributed by atoms with E-state index < -0.39 is 29.7 Å². The summed E-state index contributed by atoms with van der Waals surface area (Å²) in [6.45, 7) is 10.8. The lowest BCUT2D eigenvalue weighted by Crippen LogP contribution is -2.30. The van der Waals surface area contributed by atoms with E-state index in [1.165, 1.54) is 26.3 Å². The number of ketones is 1. The van der Waals surface area contributed by atoms with Gasteiger partial charge in [0.1, 0.15) is 11.9 Å². The van der Waals surface area contributed by atoms with Crippen LogP contribution in [0.1, 0.15) is 68.6 Å². The molecule has 3 atom stereocenters. The van der Waals surface area contributed by atoms with Crippen LogP contribution in [0.15, 0.2) is 30.5 Å². The summed E-state index contributed by atoms with van der Waals surface area (Å²) >= 11 is 0. The summed E-state index contributed by atoms with van der Waals surface area (Å²) in [6, 6.07) is 7.45. The Kier molecular flexibility index (Phi) is 9.80. The van der Waals surface area contributed by atoms with Gasteiger partial charge in [-0.1, -0.05) is 32.9 Å². The van der Waals surface area contributed by atoms with Gasteiger partial charge in [0.15, 0.2) is 17.2 Å². The van der Waals surface area contributed by atoms with E-state index in [0.717, 1.165) is 16.9 Å². The van der Waals surface area contributed by atoms with Gasteiger partial charge in [-0.15, -0.1) is 0 Å². The molecule has 2 rings (SSSR count). The molecule has 0 aliphatic carbocycles. The zero-order valence-electron chi connectivity index (χ0n) is 21.7. The molecule has 1 aromatic carbocycles. The molecule has 1 heterocycles. The van der Waals surface area contributed by atoms with Crippen LogP contribution in [-0.4, -0.2) is 43.0 Å². The molecular weight excluding hydrogens is 450 g/mol. The number of benzene rings is 1. The molecule has 0 aliphatic heterocycles. The third kappa shape index (κ3) is 7.04. The van der Waals surface area contributed by atoms with Crippen LogP contribution in [0.5, 0.6) is 17.2 Å². The minimum atomic E-state index is -0.740. The number of carbonyl (C=O) groups excluding carboxylic acids is 3. The van der Waals surface area contributed by atoms with E-state index in [0.29, 0.717) is 0 Å². The van der Waals surface area contributed by atoms with Gasteiger partial charge < -0.3 is 18.9 Å². The first-order valence-corrected chi connectivity index (χ1v) is 11.6. The molecule has 8 nitrogen and oxygen atoms in total. The van der Waals surface area contributed by atoms with E-state index in [1.807, 2.05) is 32.0 Å². The molecule has 0 radical (unpaired) electrons. The van der Waals surface area contributed by atoms with Crippen LogP contribution in [0.3, 0.4) is 0 Å². The lowest BCUT2D eigenvalue weighted by Gasteiger charge is -2.30. The molecule has 0 aliphatic rings. The van der Waals surface area contributed by atoms with E-state index in [4.69, 9.17) is 18.9 Å². The second kappa shape index (κ2) is 12.3. The zero-order chi connectivity index (χ0) is 26.3. The van der Waals surface area contributed by atoms with Crippen molar-refractivity contribution in [1.29, 1.82) is 0 Å².